The number of halogens is 2. The Labute approximate surface area is 60.4 Å². The first-order valence-electron chi connectivity index (χ1n) is 2.33. The normalized spacial score (nSPS) is 12.7. The van der Waals surface area contributed by atoms with Gasteiger partial charge in [-0.3, -0.25) is 0 Å². The van der Waals surface area contributed by atoms with E-state index in [1.54, 1.807) is 0 Å². The number of amides is 1. The van der Waals surface area contributed by atoms with Crippen molar-refractivity contribution in [1.29, 1.82) is 0 Å². The molecule has 0 rings (SSSR count). The molecule has 0 aliphatic heterocycles. The summed E-state index contributed by atoms with van der Waals surface area (Å²) in [6, 6.07) is 0. The second kappa shape index (κ2) is 4.55. The van der Waals surface area contributed by atoms with Crippen LogP contribution in [0.5, 0.6) is 0 Å². The van der Waals surface area contributed by atoms with E-state index in [2.05, 4.69) is 15.9 Å². The highest BCUT2D eigenvalue weighted by Gasteiger charge is 2.03. The van der Waals surface area contributed by atoms with E-state index in [-0.39, 0.29) is 11.9 Å². The SMILES string of the molecule is O=C(O)NCC(F)CBr. The Morgan fingerprint density at radius 3 is 2.78 bits per heavy atom. The minimum atomic E-state index is -1.20. The van der Waals surface area contributed by atoms with E-state index >= 15 is 0 Å². The fourth-order valence-electron chi connectivity index (χ4n) is 0.253. The molecule has 0 aromatic heterocycles. The Morgan fingerprint density at radius 1 is 1.89 bits per heavy atom. The van der Waals surface area contributed by atoms with Gasteiger partial charge in [0.2, 0.25) is 0 Å². The minimum Gasteiger partial charge on any atom is -0.465 e. The quantitative estimate of drug-likeness (QED) is 0.667. The zero-order valence-corrected chi connectivity index (χ0v) is 6.19. The summed E-state index contributed by atoms with van der Waals surface area (Å²) >= 11 is 2.86. The highest BCUT2D eigenvalue weighted by molar-refractivity contribution is 9.09. The van der Waals surface area contributed by atoms with Gasteiger partial charge in [-0.2, -0.15) is 0 Å². The van der Waals surface area contributed by atoms with E-state index in [1.807, 2.05) is 5.32 Å². The lowest BCUT2D eigenvalue weighted by molar-refractivity contribution is 0.190. The van der Waals surface area contributed by atoms with Crippen LogP contribution in [0.4, 0.5) is 9.18 Å². The molecule has 0 spiro atoms. The van der Waals surface area contributed by atoms with Crippen LogP contribution >= 0.6 is 15.9 Å². The predicted molar refractivity (Wildman–Crippen MR) is 34.7 cm³/mol. The van der Waals surface area contributed by atoms with Crippen LogP contribution in [0.15, 0.2) is 0 Å². The predicted octanol–water partition coefficient (Wildman–Crippen LogP) is 0.987. The molecule has 0 aliphatic rings. The molecule has 0 heterocycles. The van der Waals surface area contributed by atoms with Crippen LogP contribution < -0.4 is 5.32 Å². The first-order chi connectivity index (χ1) is 4.16. The van der Waals surface area contributed by atoms with Crippen LogP contribution in [0.25, 0.3) is 0 Å². The van der Waals surface area contributed by atoms with Gasteiger partial charge in [-0.05, 0) is 0 Å². The summed E-state index contributed by atoms with van der Waals surface area (Å²) in [6.07, 6.45) is -2.33. The minimum absolute atomic E-state index is 0.152. The average molecular weight is 200 g/mol. The number of rotatable bonds is 3. The fraction of sp³-hybridized carbons (Fsp3) is 0.750. The van der Waals surface area contributed by atoms with Gasteiger partial charge in [0.1, 0.15) is 6.17 Å². The van der Waals surface area contributed by atoms with Crippen molar-refractivity contribution in [1.82, 2.24) is 5.32 Å². The second-order valence-corrected chi connectivity index (χ2v) is 2.09. The lowest BCUT2D eigenvalue weighted by Gasteiger charge is -2.01. The number of carboxylic acid groups (broad SMARTS) is 1. The van der Waals surface area contributed by atoms with Crippen molar-refractivity contribution in [3.63, 3.8) is 0 Å². The lowest BCUT2D eigenvalue weighted by atomic mass is 10.4. The summed E-state index contributed by atoms with van der Waals surface area (Å²) in [5.41, 5.74) is 0. The molecule has 2 N–H and O–H groups in total. The standard InChI is InChI=1S/C4H7BrFNO2/c5-1-3(6)2-7-4(8)9/h3,7H,1-2H2,(H,8,9). The van der Waals surface area contributed by atoms with Gasteiger partial charge in [0.05, 0.1) is 6.54 Å². The van der Waals surface area contributed by atoms with Crippen LogP contribution in [0.3, 0.4) is 0 Å². The maximum atomic E-state index is 12.1. The molecule has 54 valence electrons. The van der Waals surface area contributed by atoms with Gasteiger partial charge >= 0.3 is 6.09 Å². The third-order valence-corrected chi connectivity index (χ3v) is 1.34. The van der Waals surface area contributed by atoms with Crippen LogP contribution in [0.2, 0.25) is 0 Å². The maximum absolute atomic E-state index is 12.1. The van der Waals surface area contributed by atoms with Crippen molar-refractivity contribution < 1.29 is 14.3 Å². The van der Waals surface area contributed by atoms with E-state index in [9.17, 15) is 9.18 Å². The largest absolute Gasteiger partial charge is 0.465 e. The van der Waals surface area contributed by atoms with Gasteiger partial charge in [0, 0.05) is 5.33 Å². The van der Waals surface area contributed by atoms with Crippen LogP contribution in [0, 0.1) is 0 Å². The van der Waals surface area contributed by atoms with Gasteiger partial charge in [0.15, 0.2) is 0 Å². The Balaban J connectivity index is 3.16. The average Bonchev–Trinajstić information content (AvgIpc) is 1.83. The number of hydrogen-bond acceptors (Lipinski definition) is 1. The Kier molecular flexibility index (Phi) is 4.39. The topological polar surface area (TPSA) is 49.3 Å². The van der Waals surface area contributed by atoms with E-state index in [0.29, 0.717) is 0 Å². The highest BCUT2D eigenvalue weighted by atomic mass is 79.9. The summed E-state index contributed by atoms with van der Waals surface area (Å²) in [5, 5.41) is 10.0. The highest BCUT2D eigenvalue weighted by Crippen LogP contribution is 1.93. The van der Waals surface area contributed by atoms with Crippen molar-refractivity contribution in [3.8, 4) is 0 Å². The molecule has 1 amide bonds. The molecule has 3 nitrogen and oxygen atoms in total. The summed E-state index contributed by atoms with van der Waals surface area (Å²) in [7, 11) is 0. The third-order valence-electron chi connectivity index (χ3n) is 0.642. The first kappa shape index (κ1) is 8.68. The second-order valence-electron chi connectivity index (χ2n) is 1.44. The Morgan fingerprint density at radius 2 is 2.44 bits per heavy atom. The molecule has 0 saturated carbocycles. The summed E-state index contributed by atoms with van der Waals surface area (Å²) in [5.74, 6) is 0. The van der Waals surface area contributed by atoms with Crippen molar-refractivity contribution in [2.24, 2.45) is 0 Å². The summed E-state index contributed by atoms with van der Waals surface area (Å²) in [6.45, 7) is -0.152. The maximum Gasteiger partial charge on any atom is 0.404 e. The molecule has 0 saturated heterocycles. The van der Waals surface area contributed by atoms with Crippen LogP contribution in [0.1, 0.15) is 0 Å². The summed E-state index contributed by atoms with van der Waals surface area (Å²) < 4.78 is 12.1. The Hall–Kier alpha value is -0.320. The molecular formula is C4H7BrFNO2. The number of carbonyl (C=O) groups is 1. The van der Waals surface area contributed by atoms with Crippen molar-refractivity contribution in [3.05, 3.63) is 0 Å². The van der Waals surface area contributed by atoms with Gasteiger partial charge < -0.3 is 10.4 Å². The van der Waals surface area contributed by atoms with Crippen LogP contribution in [-0.4, -0.2) is 29.2 Å². The summed E-state index contributed by atoms with van der Waals surface area (Å²) in [4.78, 5) is 9.73. The third kappa shape index (κ3) is 5.55. The molecule has 5 heteroatoms. The zero-order chi connectivity index (χ0) is 7.28. The molecular weight excluding hydrogens is 193 g/mol. The molecule has 0 radical (unpaired) electrons. The van der Waals surface area contributed by atoms with Gasteiger partial charge in [-0.25, -0.2) is 9.18 Å². The Bertz CT molecular complexity index is 101. The van der Waals surface area contributed by atoms with Gasteiger partial charge in [0.25, 0.3) is 0 Å². The molecule has 0 fully saturated rings. The fourth-order valence-corrected chi connectivity index (χ4v) is 0.482. The zero-order valence-electron chi connectivity index (χ0n) is 4.60. The van der Waals surface area contributed by atoms with Crippen molar-refractivity contribution in [2.75, 3.05) is 11.9 Å². The molecule has 0 aliphatic carbocycles. The van der Waals surface area contributed by atoms with Gasteiger partial charge in [-0.1, -0.05) is 15.9 Å². The number of hydrogen-bond donors (Lipinski definition) is 2. The van der Waals surface area contributed by atoms with Crippen LogP contribution in [-0.2, 0) is 0 Å². The molecule has 1 unspecified atom stereocenters. The first-order valence-corrected chi connectivity index (χ1v) is 3.45. The molecule has 1 atom stereocenters. The van der Waals surface area contributed by atoms with E-state index in [1.165, 1.54) is 0 Å². The number of nitrogens with one attached hydrogen (secondary N) is 1. The molecule has 0 aromatic rings. The van der Waals surface area contributed by atoms with Crippen molar-refractivity contribution >= 4 is 22.0 Å². The molecule has 9 heavy (non-hydrogen) atoms. The van der Waals surface area contributed by atoms with Gasteiger partial charge in [-0.15, -0.1) is 0 Å². The molecule has 0 aromatic carbocycles. The van der Waals surface area contributed by atoms with Crippen molar-refractivity contribution in [2.45, 2.75) is 6.17 Å². The number of alkyl halides is 2. The monoisotopic (exact) mass is 199 g/mol. The smallest absolute Gasteiger partial charge is 0.404 e. The lowest BCUT2D eigenvalue weighted by Crippen LogP contribution is -2.29. The van der Waals surface area contributed by atoms with E-state index < -0.39 is 12.3 Å². The van der Waals surface area contributed by atoms with E-state index in [0.717, 1.165) is 0 Å². The van der Waals surface area contributed by atoms with E-state index in [4.69, 9.17) is 5.11 Å². The molecule has 0 bridgehead atoms.